The number of likely N-dealkylation sites (tertiary alicyclic amines) is 1. The molecular formula is C23H39N7O5. The standard InChI is InChI=1S/C23H39N7O5/c1-3-14(2)19(23(34)35)29-20(31)17(11-15-12-26-13-27-15)28-21(32)18-8-6-10-30(18)22(33)16(25)7-4-5-9-24/h12-14,16-19H,3-11,24-25H2,1-2H3,(H,26,27)(H,28,32)(H,29,31)(H,34,35). The van der Waals surface area contributed by atoms with E-state index in [4.69, 9.17) is 11.5 Å². The largest absolute Gasteiger partial charge is 0.480 e. The first-order valence-electron chi connectivity index (χ1n) is 12.3. The molecule has 8 N–H and O–H groups in total. The summed E-state index contributed by atoms with van der Waals surface area (Å²) in [5.74, 6) is -2.83. The van der Waals surface area contributed by atoms with Gasteiger partial charge in [0, 0.05) is 24.9 Å². The van der Waals surface area contributed by atoms with Crippen LogP contribution in [0.15, 0.2) is 12.5 Å². The number of carbonyl (C=O) groups excluding carboxylic acids is 3. The molecule has 12 nitrogen and oxygen atoms in total. The molecule has 3 amide bonds. The second-order valence-electron chi connectivity index (χ2n) is 9.13. The van der Waals surface area contributed by atoms with E-state index in [-0.39, 0.29) is 18.2 Å². The lowest BCUT2D eigenvalue weighted by Gasteiger charge is -2.29. The molecule has 1 fully saturated rings. The highest BCUT2D eigenvalue weighted by molar-refractivity contribution is 5.94. The van der Waals surface area contributed by atoms with Crippen molar-refractivity contribution < 1.29 is 24.3 Å². The van der Waals surface area contributed by atoms with Gasteiger partial charge in [-0.05, 0) is 38.1 Å². The van der Waals surface area contributed by atoms with Crippen LogP contribution in [0.25, 0.3) is 0 Å². The van der Waals surface area contributed by atoms with Crippen molar-refractivity contribution in [1.29, 1.82) is 0 Å². The lowest BCUT2D eigenvalue weighted by Crippen LogP contribution is -2.57. The number of carboxylic acid groups (broad SMARTS) is 1. The van der Waals surface area contributed by atoms with Crippen LogP contribution in [0.2, 0.25) is 0 Å². The van der Waals surface area contributed by atoms with Gasteiger partial charge in [0.2, 0.25) is 17.7 Å². The first-order valence-corrected chi connectivity index (χ1v) is 12.3. The predicted octanol–water partition coefficient (Wildman–Crippen LogP) is -0.500. The zero-order chi connectivity index (χ0) is 26.0. The molecule has 2 rings (SSSR count). The molecule has 12 heteroatoms. The first kappa shape index (κ1) is 28.2. The zero-order valence-electron chi connectivity index (χ0n) is 20.5. The smallest absolute Gasteiger partial charge is 0.326 e. The van der Waals surface area contributed by atoms with E-state index in [0.29, 0.717) is 44.5 Å². The van der Waals surface area contributed by atoms with Crippen LogP contribution in [-0.2, 0) is 25.6 Å². The normalized spacial score (nSPS) is 19.0. The van der Waals surface area contributed by atoms with Gasteiger partial charge in [-0.15, -0.1) is 0 Å². The molecule has 1 aromatic heterocycles. The van der Waals surface area contributed by atoms with Crippen LogP contribution in [-0.4, -0.2) is 80.9 Å². The Morgan fingerprint density at radius 3 is 2.63 bits per heavy atom. The molecule has 1 saturated heterocycles. The number of imidazole rings is 1. The molecule has 0 saturated carbocycles. The van der Waals surface area contributed by atoms with Gasteiger partial charge in [0.25, 0.3) is 0 Å². The average molecular weight is 494 g/mol. The van der Waals surface area contributed by atoms with Crippen molar-refractivity contribution in [3.63, 3.8) is 0 Å². The van der Waals surface area contributed by atoms with E-state index in [2.05, 4.69) is 20.6 Å². The predicted molar refractivity (Wildman–Crippen MR) is 129 cm³/mol. The molecule has 1 aliphatic heterocycles. The van der Waals surface area contributed by atoms with Crippen LogP contribution >= 0.6 is 0 Å². The molecular weight excluding hydrogens is 454 g/mol. The molecule has 0 radical (unpaired) electrons. The molecule has 0 bridgehead atoms. The Morgan fingerprint density at radius 1 is 1.29 bits per heavy atom. The van der Waals surface area contributed by atoms with Gasteiger partial charge in [-0.3, -0.25) is 14.4 Å². The molecule has 1 aliphatic rings. The number of nitrogens with one attached hydrogen (secondary N) is 3. The molecule has 1 aromatic rings. The summed E-state index contributed by atoms with van der Waals surface area (Å²) in [6.45, 7) is 4.51. The van der Waals surface area contributed by atoms with E-state index in [9.17, 15) is 24.3 Å². The van der Waals surface area contributed by atoms with Gasteiger partial charge in [-0.2, -0.15) is 0 Å². The summed E-state index contributed by atoms with van der Waals surface area (Å²) < 4.78 is 0. The molecule has 0 spiro atoms. The van der Waals surface area contributed by atoms with Crippen LogP contribution < -0.4 is 22.1 Å². The van der Waals surface area contributed by atoms with E-state index in [1.54, 1.807) is 6.92 Å². The van der Waals surface area contributed by atoms with Crippen molar-refractivity contribution in [2.24, 2.45) is 17.4 Å². The Hall–Kier alpha value is -2.99. The molecule has 2 heterocycles. The maximum atomic E-state index is 13.2. The summed E-state index contributed by atoms with van der Waals surface area (Å²) in [7, 11) is 0. The number of carbonyl (C=O) groups is 4. The molecule has 196 valence electrons. The highest BCUT2D eigenvalue weighted by atomic mass is 16.4. The Kier molecular flexibility index (Phi) is 11.1. The quantitative estimate of drug-likeness (QED) is 0.186. The van der Waals surface area contributed by atoms with Gasteiger partial charge >= 0.3 is 5.97 Å². The van der Waals surface area contributed by atoms with Crippen molar-refractivity contribution >= 4 is 23.7 Å². The summed E-state index contributed by atoms with van der Waals surface area (Å²) in [6.07, 6.45) is 6.70. The Balaban J connectivity index is 2.13. The van der Waals surface area contributed by atoms with Crippen molar-refractivity contribution in [2.75, 3.05) is 13.1 Å². The second kappa shape index (κ2) is 13.8. The Bertz CT molecular complexity index is 847. The number of carboxylic acids is 1. The van der Waals surface area contributed by atoms with Crippen LogP contribution in [0, 0.1) is 5.92 Å². The number of hydrogen-bond acceptors (Lipinski definition) is 7. The number of nitrogens with zero attached hydrogens (tertiary/aromatic N) is 2. The monoisotopic (exact) mass is 493 g/mol. The first-order chi connectivity index (χ1) is 16.7. The van der Waals surface area contributed by atoms with E-state index < -0.39 is 42.0 Å². The van der Waals surface area contributed by atoms with Crippen LogP contribution in [0.4, 0.5) is 0 Å². The lowest BCUT2D eigenvalue weighted by molar-refractivity contribution is -0.144. The van der Waals surface area contributed by atoms with Crippen LogP contribution in [0.3, 0.4) is 0 Å². The summed E-state index contributed by atoms with van der Waals surface area (Å²) in [5.41, 5.74) is 12.2. The van der Waals surface area contributed by atoms with E-state index in [1.165, 1.54) is 17.4 Å². The van der Waals surface area contributed by atoms with Crippen LogP contribution in [0.5, 0.6) is 0 Å². The minimum absolute atomic E-state index is 0.0870. The lowest BCUT2D eigenvalue weighted by atomic mass is 9.98. The third-order valence-corrected chi connectivity index (χ3v) is 6.51. The van der Waals surface area contributed by atoms with Gasteiger partial charge < -0.3 is 37.1 Å². The van der Waals surface area contributed by atoms with Gasteiger partial charge in [0.1, 0.15) is 18.1 Å². The number of H-pyrrole nitrogens is 1. The van der Waals surface area contributed by atoms with Crippen molar-refractivity contribution in [2.45, 2.75) is 83.0 Å². The number of aromatic amines is 1. The second-order valence-corrected chi connectivity index (χ2v) is 9.13. The molecule has 5 unspecified atom stereocenters. The zero-order valence-corrected chi connectivity index (χ0v) is 20.5. The molecule has 35 heavy (non-hydrogen) atoms. The van der Waals surface area contributed by atoms with Gasteiger partial charge in [0.05, 0.1) is 12.4 Å². The van der Waals surface area contributed by atoms with E-state index in [1.807, 2.05) is 6.92 Å². The number of unbranched alkanes of at least 4 members (excludes halogenated alkanes) is 1. The van der Waals surface area contributed by atoms with Gasteiger partial charge in [0.15, 0.2) is 0 Å². The summed E-state index contributed by atoms with van der Waals surface area (Å²) in [6, 6.07) is -3.61. The van der Waals surface area contributed by atoms with E-state index >= 15 is 0 Å². The SMILES string of the molecule is CCC(C)C(NC(=O)C(Cc1cnc[nH]1)NC(=O)C1CCCN1C(=O)C(N)CCCCN)C(=O)O. The van der Waals surface area contributed by atoms with Crippen molar-refractivity contribution in [3.05, 3.63) is 18.2 Å². The highest BCUT2D eigenvalue weighted by Gasteiger charge is 2.38. The van der Waals surface area contributed by atoms with E-state index in [0.717, 1.165) is 12.8 Å². The number of nitrogens with two attached hydrogens (primary N) is 2. The summed E-state index contributed by atoms with van der Waals surface area (Å²) in [5, 5.41) is 14.9. The third kappa shape index (κ3) is 8.03. The van der Waals surface area contributed by atoms with Gasteiger partial charge in [-0.25, -0.2) is 9.78 Å². The maximum absolute atomic E-state index is 13.2. The van der Waals surface area contributed by atoms with Gasteiger partial charge in [-0.1, -0.05) is 26.7 Å². The number of aromatic nitrogens is 2. The fraction of sp³-hybridized carbons (Fsp3) is 0.696. The summed E-state index contributed by atoms with van der Waals surface area (Å²) in [4.78, 5) is 59.2. The number of aliphatic carboxylic acids is 1. The summed E-state index contributed by atoms with van der Waals surface area (Å²) >= 11 is 0. The number of hydrogen-bond donors (Lipinski definition) is 6. The van der Waals surface area contributed by atoms with Crippen molar-refractivity contribution in [1.82, 2.24) is 25.5 Å². The van der Waals surface area contributed by atoms with Crippen LogP contribution in [0.1, 0.15) is 58.1 Å². The Morgan fingerprint density at radius 2 is 2.03 bits per heavy atom. The fourth-order valence-electron chi connectivity index (χ4n) is 4.18. The Labute approximate surface area is 205 Å². The highest BCUT2D eigenvalue weighted by Crippen LogP contribution is 2.20. The topological polar surface area (TPSA) is 197 Å². The van der Waals surface area contributed by atoms with Crippen molar-refractivity contribution in [3.8, 4) is 0 Å². The molecule has 0 aromatic carbocycles. The maximum Gasteiger partial charge on any atom is 0.326 e. The number of rotatable bonds is 14. The minimum Gasteiger partial charge on any atom is -0.480 e. The average Bonchev–Trinajstić information content (AvgIpc) is 3.53. The minimum atomic E-state index is -1.14. The fourth-order valence-corrected chi connectivity index (χ4v) is 4.18. The molecule has 0 aliphatic carbocycles. The number of amides is 3. The molecule has 5 atom stereocenters. The third-order valence-electron chi connectivity index (χ3n) is 6.51.